The number of Topliss-reactive ketones (excluding diaryl/α,β-unsaturated/α-hetero) is 1. The molecule has 1 aliphatic heterocycles. The number of benzene rings is 1. The van der Waals surface area contributed by atoms with E-state index in [9.17, 15) is 25.9 Å². The Kier molecular flexibility index (Phi) is 4.14. The Labute approximate surface area is 114 Å². The molecule has 0 spiro atoms. The van der Waals surface area contributed by atoms with Crippen molar-refractivity contribution in [1.29, 1.82) is 0 Å². The van der Waals surface area contributed by atoms with E-state index in [1.807, 2.05) is 0 Å². The smallest absolute Gasteiger partial charge is 0.294 e. The van der Waals surface area contributed by atoms with Crippen molar-refractivity contribution in [3.05, 3.63) is 35.4 Å². The van der Waals surface area contributed by atoms with Gasteiger partial charge in [0.15, 0.2) is 5.78 Å². The van der Waals surface area contributed by atoms with Gasteiger partial charge >= 0.3 is 10.4 Å². The van der Waals surface area contributed by atoms with Crippen LogP contribution in [-0.4, -0.2) is 31.6 Å². The first-order valence-electron chi connectivity index (χ1n) is 5.98. The van der Waals surface area contributed by atoms with Crippen molar-refractivity contribution < 1.29 is 25.9 Å². The lowest BCUT2D eigenvalue weighted by atomic mass is 9.89. The molecule has 0 amide bonds. The lowest BCUT2D eigenvalue weighted by Crippen LogP contribution is -2.38. The highest BCUT2D eigenvalue weighted by molar-refractivity contribution is 7.83. The van der Waals surface area contributed by atoms with Gasteiger partial charge < -0.3 is 0 Å². The van der Waals surface area contributed by atoms with E-state index in [1.54, 1.807) is 0 Å². The van der Waals surface area contributed by atoms with E-state index in [2.05, 4.69) is 0 Å². The van der Waals surface area contributed by atoms with Crippen molar-refractivity contribution in [3.63, 3.8) is 0 Å². The summed E-state index contributed by atoms with van der Waals surface area (Å²) in [4.78, 5) is 12.1. The maximum Gasteiger partial charge on any atom is 0.374 e. The van der Waals surface area contributed by atoms with Crippen LogP contribution in [0.4, 0.5) is 12.7 Å². The van der Waals surface area contributed by atoms with Gasteiger partial charge in [0.1, 0.15) is 11.6 Å². The second-order valence-corrected chi connectivity index (χ2v) is 5.94. The fourth-order valence-electron chi connectivity index (χ4n) is 2.24. The summed E-state index contributed by atoms with van der Waals surface area (Å²) in [6, 6.07) is 2.59. The van der Waals surface area contributed by atoms with Gasteiger partial charge in [-0.3, -0.25) is 4.79 Å². The van der Waals surface area contributed by atoms with Crippen molar-refractivity contribution in [1.82, 2.24) is 4.31 Å². The average Bonchev–Trinajstić information content (AvgIpc) is 2.40. The van der Waals surface area contributed by atoms with Gasteiger partial charge in [-0.1, -0.05) is 3.89 Å². The molecule has 0 atom stereocenters. The molecule has 0 aliphatic carbocycles. The van der Waals surface area contributed by atoms with Crippen LogP contribution in [0.1, 0.15) is 23.2 Å². The van der Waals surface area contributed by atoms with Gasteiger partial charge in [-0.15, -0.1) is 0 Å². The molecule has 0 saturated carbocycles. The third-order valence-electron chi connectivity index (χ3n) is 3.33. The van der Waals surface area contributed by atoms with Gasteiger partial charge in [-0.05, 0) is 31.0 Å². The molecule has 0 N–H and O–H groups in total. The van der Waals surface area contributed by atoms with Gasteiger partial charge in [0.2, 0.25) is 0 Å². The van der Waals surface area contributed by atoms with E-state index in [4.69, 9.17) is 0 Å². The van der Waals surface area contributed by atoms with Crippen LogP contribution in [0, 0.1) is 17.6 Å². The second kappa shape index (κ2) is 5.53. The van der Waals surface area contributed by atoms with Crippen molar-refractivity contribution in [2.24, 2.45) is 5.92 Å². The monoisotopic (exact) mass is 307 g/mol. The van der Waals surface area contributed by atoms with Crippen LogP contribution in [0.5, 0.6) is 0 Å². The standard InChI is InChI=1S/C12H12F3NO3S/c13-9-1-2-11(14)10(7-9)12(17)8-3-5-16(6-4-8)20(15,18)19/h1-2,7-8H,3-6H2. The molecule has 1 aromatic carbocycles. The van der Waals surface area contributed by atoms with E-state index < -0.39 is 33.7 Å². The number of hydrogen-bond donors (Lipinski definition) is 0. The minimum atomic E-state index is -4.77. The van der Waals surface area contributed by atoms with Crippen LogP contribution in [0.3, 0.4) is 0 Å². The highest BCUT2D eigenvalue weighted by atomic mass is 32.3. The number of carbonyl (C=O) groups is 1. The maximum absolute atomic E-state index is 13.5. The molecular weight excluding hydrogens is 295 g/mol. The second-order valence-electron chi connectivity index (χ2n) is 4.60. The molecule has 0 aromatic heterocycles. The summed E-state index contributed by atoms with van der Waals surface area (Å²) in [7, 11) is -4.77. The van der Waals surface area contributed by atoms with Crippen molar-refractivity contribution in [3.8, 4) is 0 Å². The predicted molar refractivity (Wildman–Crippen MR) is 65.0 cm³/mol. The van der Waals surface area contributed by atoms with Gasteiger partial charge in [-0.25, -0.2) is 8.78 Å². The molecule has 1 fully saturated rings. The molecule has 110 valence electrons. The minimum absolute atomic E-state index is 0.0813. The normalized spacial score (nSPS) is 18.1. The summed E-state index contributed by atoms with van der Waals surface area (Å²) < 4.78 is 61.3. The molecule has 1 aliphatic rings. The fraction of sp³-hybridized carbons (Fsp3) is 0.417. The minimum Gasteiger partial charge on any atom is -0.294 e. The number of piperidine rings is 1. The van der Waals surface area contributed by atoms with Gasteiger partial charge in [0, 0.05) is 19.0 Å². The summed E-state index contributed by atoms with van der Waals surface area (Å²) >= 11 is 0. The molecule has 8 heteroatoms. The van der Waals surface area contributed by atoms with Crippen LogP contribution < -0.4 is 0 Å². The molecule has 1 aromatic rings. The zero-order chi connectivity index (χ0) is 14.9. The Morgan fingerprint density at radius 3 is 2.35 bits per heavy atom. The van der Waals surface area contributed by atoms with Crippen LogP contribution in [0.25, 0.3) is 0 Å². The molecule has 0 bridgehead atoms. The number of hydrogen-bond acceptors (Lipinski definition) is 3. The van der Waals surface area contributed by atoms with E-state index >= 15 is 0 Å². The highest BCUT2D eigenvalue weighted by Gasteiger charge is 2.32. The summed E-state index contributed by atoms with van der Waals surface area (Å²) in [6.07, 6.45) is 0.163. The zero-order valence-electron chi connectivity index (χ0n) is 10.4. The van der Waals surface area contributed by atoms with Crippen LogP contribution >= 0.6 is 0 Å². The van der Waals surface area contributed by atoms with Gasteiger partial charge in [0.05, 0.1) is 5.56 Å². The summed E-state index contributed by atoms with van der Waals surface area (Å²) in [6.45, 7) is -0.293. The largest absolute Gasteiger partial charge is 0.374 e. The Morgan fingerprint density at radius 2 is 1.80 bits per heavy atom. The van der Waals surface area contributed by atoms with Crippen molar-refractivity contribution in [2.45, 2.75) is 12.8 Å². The van der Waals surface area contributed by atoms with Crippen molar-refractivity contribution >= 4 is 16.2 Å². The highest BCUT2D eigenvalue weighted by Crippen LogP contribution is 2.25. The Morgan fingerprint density at radius 1 is 1.20 bits per heavy atom. The molecule has 1 saturated heterocycles. The molecule has 2 rings (SSSR count). The number of rotatable bonds is 3. The molecule has 0 radical (unpaired) electrons. The lowest BCUT2D eigenvalue weighted by molar-refractivity contribution is 0.0869. The van der Waals surface area contributed by atoms with Crippen LogP contribution in [0.2, 0.25) is 0 Å². The average molecular weight is 307 g/mol. The lowest BCUT2D eigenvalue weighted by Gasteiger charge is -2.27. The van der Waals surface area contributed by atoms with Gasteiger partial charge in [-0.2, -0.15) is 12.7 Å². The maximum atomic E-state index is 13.5. The zero-order valence-corrected chi connectivity index (χ0v) is 11.2. The molecule has 20 heavy (non-hydrogen) atoms. The molecule has 4 nitrogen and oxygen atoms in total. The number of carbonyl (C=O) groups excluding carboxylic acids is 1. The third kappa shape index (κ3) is 3.18. The third-order valence-corrected chi connectivity index (χ3v) is 4.31. The number of ketones is 1. The van der Waals surface area contributed by atoms with Crippen LogP contribution in [-0.2, 0) is 10.4 Å². The molecule has 1 heterocycles. The Bertz CT molecular complexity index is 625. The van der Waals surface area contributed by atoms with E-state index in [1.165, 1.54) is 0 Å². The van der Waals surface area contributed by atoms with E-state index in [0.29, 0.717) is 4.31 Å². The fourth-order valence-corrected chi connectivity index (χ4v) is 2.89. The summed E-state index contributed by atoms with van der Waals surface area (Å²) in [5, 5.41) is 0. The predicted octanol–water partition coefficient (Wildman–Crippen LogP) is 2.07. The first-order chi connectivity index (χ1) is 9.29. The Balaban J connectivity index is 2.11. The Hall–Kier alpha value is -1.41. The van der Waals surface area contributed by atoms with Gasteiger partial charge in [0.25, 0.3) is 0 Å². The summed E-state index contributed by atoms with van der Waals surface area (Å²) in [5.41, 5.74) is -0.355. The molecule has 0 unspecified atom stereocenters. The quantitative estimate of drug-likeness (QED) is 0.634. The van der Waals surface area contributed by atoms with Crippen LogP contribution in [0.15, 0.2) is 18.2 Å². The van der Waals surface area contributed by atoms with E-state index in [0.717, 1.165) is 18.2 Å². The topological polar surface area (TPSA) is 54.5 Å². The first-order valence-corrected chi connectivity index (χ1v) is 7.32. The molecular formula is C12H12F3NO3S. The first kappa shape index (κ1) is 15.0. The summed E-state index contributed by atoms with van der Waals surface area (Å²) in [5.74, 6) is -2.77. The SMILES string of the molecule is O=C(c1cc(F)ccc1F)C1CCN(S(=O)(=O)F)CC1. The van der Waals surface area contributed by atoms with E-state index in [-0.39, 0.29) is 31.5 Å². The van der Waals surface area contributed by atoms with Crippen molar-refractivity contribution in [2.75, 3.05) is 13.1 Å². The number of nitrogens with zero attached hydrogens (tertiary/aromatic N) is 1. The number of halogens is 3.